The number of hydrazine groups is 1. The molecule has 0 spiro atoms. The number of aryl methyl sites for hydroxylation is 1. The van der Waals surface area contributed by atoms with Gasteiger partial charge in [0, 0.05) is 5.92 Å². The molecular formula is C14H21N3. The minimum Gasteiger partial charge on any atom is -0.301 e. The second-order valence-electron chi connectivity index (χ2n) is 5.06. The van der Waals surface area contributed by atoms with E-state index in [4.69, 9.17) is 0 Å². The third-order valence-corrected chi connectivity index (χ3v) is 4.05. The van der Waals surface area contributed by atoms with E-state index in [1.165, 1.54) is 30.4 Å². The number of fused-ring (bicyclic) bond motifs is 3. The number of benzene rings is 1. The smallest absolute Gasteiger partial charge is 0.0751 e. The quantitative estimate of drug-likeness (QED) is 0.725. The lowest BCUT2D eigenvalue weighted by Gasteiger charge is -2.21. The zero-order valence-corrected chi connectivity index (χ0v) is 10.4. The van der Waals surface area contributed by atoms with Crippen LogP contribution in [0.5, 0.6) is 0 Å². The first-order chi connectivity index (χ1) is 8.40. The van der Waals surface area contributed by atoms with Crippen LogP contribution in [0.15, 0.2) is 24.3 Å². The fourth-order valence-electron chi connectivity index (χ4n) is 3.24. The molecule has 3 N–H and O–H groups in total. The van der Waals surface area contributed by atoms with Crippen LogP contribution in [-0.4, -0.2) is 12.7 Å². The zero-order valence-electron chi connectivity index (χ0n) is 10.4. The molecule has 3 atom stereocenters. The van der Waals surface area contributed by atoms with Crippen molar-refractivity contribution in [1.29, 1.82) is 0 Å². The molecule has 3 rings (SSSR count). The van der Waals surface area contributed by atoms with Gasteiger partial charge in [-0.05, 0) is 36.9 Å². The Labute approximate surface area is 103 Å². The van der Waals surface area contributed by atoms with Gasteiger partial charge in [-0.15, -0.1) is 0 Å². The molecule has 3 heteroatoms. The SMILES string of the molecule is CCNC1NNC2c3ccccc3CCCC12. The minimum absolute atomic E-state index is 0.413. The van der Waals surface area contributed by atoms with Crippen LogP contribution in [0.3, 0.4) is 0 Å². The zero-order chi connectivity index (χ0) is 11.7. The van der Waals surface area contributed by atoms with Gasteiger partial charge < -0.3 is 5.32 Å². The van der Waals surface area contributed by atoms with Crippen molar-refractivity contribution in [3.8, 4) is 0 Å². The van der Waals surface area contributed by atoms with Crippen molar-refractivity contribution in [2.75, 3.05) is 6.54 Å². The van der Waals surface area contributed by atoms with Gasteiger partial charge in [0.15, 0.2) is 0 Å². The Morgan fingerprint density at radius 1 is 1.29 bits per heavy atom. The molecular weight excluding hydrogens is 210 g/mol. The summed E-state index contributed by atoms with van der Waals surface area (Å²) in [5, 5.41) is 3.53. The standard InChI is InChI=1S/C14H21N3/c1-2-15-14-12-9-5-7-10-6-3-4-8-11(10)13(12)16-17-14/h3-4,6,8,12-17H,2,5,7,9H2,1H3. The summed E-state index contributed by atoms with van der Waals surface area (Å²) in [5.74, 6) is 0.665. The topological polar surface area (TPSA) is 36.1 Å². The molecule has 1 fully saturated rings. The first kappa shape index (κ1) is 11.2. The highest BCUT2D eigenvalue weighted by Gasteiger charge is 2.37. The summed E-state index contributed by atoms with van der Waals surface area (Å²) in [6.07, 6.45) is 4.22. The Balaban J connectivity index is 1.90. The van der Waals surface area contributed by atoms with Crippen molar-refractivity contribution in [1.82, 2.24) is 16.2 Å². The van der Waals surface area contributed by atoms with E-state index < -0.39 is 0 Å². The van der Waals surface area contributed by atoms with Crippen LogP contribution in [0.4, 0.5) is 0 Å². The van der Waals surface area contributed by atoms with E-state index >= 15 is 0 Å². The first-order valence-corrected chi connectivity index (χ1v) is 6.72. The summed E-state index contributed by atoms with van der Waals surface area (Å²) >= 11 is 0. The second-order valence-corrected chi connectivity index (χ2v) is 5.06. The highest BCUT2D eigenvalue weighted by Crippen LogP contribution is 2.36. The van der Waals surface area contributed by atoms with Crippen LogP contribution in [-0.2, 0) is 6.42 Å². The van der Waals surface area contributed by atoms with Crippen LogP contribution in [0.25, 0.3) is 0 Å². The predicted octanol–water partition coefficient (Wildman–Crippen LogP) is 1.72. The molecule has 17 heavy (non-hydrogen) atoms. The molecule has 92 valence electrons. The largest absolute Gasteiger partial charge is 0.301 e. The maximum Gasteiger partial charge on any atom is 0.0751 e. The van der Waals surface area contributed by atoms with Gasteiger partial charge in [0.1, 0.15) is 0 Å². The molecule has 0 bridgehead atoms. The van der Waals surface area contributed by atoms with E-state index in [0.29, 0.717) is 18.1 Å². The lowest BCUT2D eigenvalue weighted by Crippen LogP contribution is -2.43. The van der Waals surface area contributed by atoms with Crippen molar-refractivity contribution < 1.29 is 0 Å². The molecule has 0 saturated carbocycles. The molecule has 0 aromatic heterocycles. The average molecular weight is 231 g/mol. The van der Waals surface area contributed by atoms with E-state index in [1.807, 2.05) is 0 Å². The molecule has 0 radical (unpaired) electrons. The van der Waals surface area contributed by atoms with E-state index in [9.17, 15) is 0 Å². The van der Waals surface area contributed by atoms with Crippen molar-refractivity contribution in [2.24, 2.45) is 5.92 Å². The molecule has 0 amide bonds. The number of nitrogens with one attached hydrogen (secondary N) is 3. The Morgan fingerprint density at radius 2 is 2.18 bits per heavy atom. The number of rotatable bonds is 2. The molecule has 1 aliphatic carbocycles. The van der Waals surface area contributed by atoms with Gasteiger partial charge >= 0.3 is 0 Å². The summed E-state index contributed by atoms with van der Waals surface area (Å²) in [6, 6.07) is 9.34. The lowest BCUT2D eigenvalue weighted by molar-refractivity contribution is 0.344. The average Bonchev–Trinajstić information content (AvgIpc) is 2.65. The monoisotopic (exact) mass is 231 g/mol. The lowest BCUT2D eigenvalue weighted by atomic mass is 9.90. The normalized spacial score (nSPS) is 31.7. The number of hydrogen-bond acceptors (Lipinski definition) is 3. The highest BCUT2D eigenvalue weighted by molar-refractivity contribution is 5.32. The van der Waals surface area contributed by atoms with Crippen LogP contribution in [0, 0.1) is 5.92 Å². The molecule has 3 unspecified atom stereocenters. The van der Waals surface area contributed by atoms with Gasteiger partial charge in [0.2, 0.25) is 0 Å². The van der Waals surface area contributed by atoms with Gasteiger partial charge in [-0.25, -0.2) is 10.9 Å². The molecule has 1 aliphatic heterocycles. The third-order valence-electron chi connectivity index (χ3n) is 4.05. The third kappa shape index (κ3) is 1.99. The maximum absolute atomic E-state index is 3.53. The second kappa shape index (κ2) is 4.77. The van der Waals surface area contributed by atoms with E-state index in [1.54, 1.807) is 0 Å². The molecule has 1 heterocycles. The van der Waals surface area contributed by atoms with Crippen molar-refractivity contribution in [2.45, 2.75) is 38.4 Å². The van der Waals surface area contributed by atoms with Crippen molar-refractivity contribution in [3.05, 3.63) is 35.4 Å². The van der Waals surface area contributed by atoms with Gasteiger partial charge in [0.25, 0.3) is 0 Å². The molecule has 1 saturated heterocycles. The van der Waals surface area contributed by atoms with Gasteiger partial charge in [0.05, 0.1) is 12.2 Å². The van der Waals surface area contributed by atoms with Crippen molar-refractivity contribution >= 4 is 0 Å². The molecule has 1 aromatic carbocycles. The summed E-state index contributed by atoms with van der Waals surface area (Å²) in [7, 11) is 0. The maximum atomic E-state index is 3.53. The molecule has 1 aromatic rings. The first-order valence-electron chi connectivity index (χ1n) is 6.72. The van der Waals surface area contributed by atoms with Gasteiger partial charge in [-0.1, -0.05) is 31.2 Å². The fourth-order valence-corrected chi connectivity index (χ4v) is 3.24. The van der Waals surface area contributed by atoms with Gasteiger partial charge in [-0.3, -0.25) is 0 Å². The van der Waals surface area contributed by atoms with Crippen LogP contribution < -0.4 is 16.2 Å². The summed E-state index contributed by atoms with van der Waals surface area (Å²) < 4.78 is 0. The number of hydrogen-bond donors (Lipinski definition) is 3. The summed E-state index contributed by atoms with van der Waals surface area (Å²) in [5.41, 5.74) is 9.89. The summed E-state index contributed by atoms with van der Waals surface area (Å²) in [6.45, 7) is 3.18. The Hall–Kier alpha value is -0.900. The fraction of sp³-hybridized carbons (Fsp3) is 0.571. The van der Waals surface area contributed by atoms with E-state index in [0.717, 1.165) is 6.54 Å². The summed E-state index contributed by atoms with van der Waals surface area (Å²) in [4.78, 5) is 0. The van der Waals surface area contributed by atoms with Crippen LogP contribution in [0.2, 0.25) is 0 Å². The molecule has 2 aliphatic rings. The van der Waals surface area contributed by atoms with E-state index in [2.05, 4.69) is 47.4 Å². The minimum atomic E-state index is 0.413. The molecule has 3 nitrogen and oxygen atoms in total. The Kier molecular flexibility index (Phi) is 3.14. The highest BCUT2D eigenvalue weighted by atomic mass is 15.5. The van der Waals surface area contributed by atoms with Gasteiger partial charge in [-0.2, -0.15) is 0 Å². The van der Waals surface area contributed by atoms with E-state index in [-0.39, 0.29) is 0 Å². The van der Waals surface area contributed by atoms with Crippen molar-refractivity contribution in [3.63, 3.8) is 0 Å². The Morgan fingerprint density at radius 3 is 3.06 bits per heavy atom. The van der Waals surface area contributed by atoms with Crippen LogP contribution >= 0.6 is 0 Å². The Bertz CT molecular complexity index is 391. The predicted molar refractivity (Wildman–Crippen MR) is 69.3 cm³/mol. The van der Waals surface area contributed by atoms with Crippen LogP contribution in [0.1, 0.15) is 36.9 Å².